The number of anilines is 2. The lowest BCUT2D eigenvalue weighted by Gasteiger charge is -2.31. The molecule has 1 amide bonds. The van der Waals surface area contributed by atoms with Crippen molar-refractivity contribution >= 4 is 50.4 Å². The molecule has 0 saturated carbocycles. The number of nitrogens with zero attached hydrogens (tertiary/aromatic N) is 3. The predicted octanol–water partition coefficient (Wildman–Crippen LogP) is 5.57. The molecule has 4 rings (SSSR count). The van der Waals surface area contributed by atoms with E-state index in [-0.39, 0.29) is 18.5 Å². The second-order valence-corrected chi connectivity index (χ2v) is 9.26. The van der Waals surface area contributed by atoms with E-state index in [0.29, 0.717) is 5.02 Å². The van der Waals surface area contributed by atoms with E-state index in [1.807, 2.05) is 50.4 Å². The number of halogens is 1. The standard InChI is InChI=1S/C23H27ClN4OS/c1-16(23-26-18-8-4-5-9-21(18)30-23)27(2)22(29)15-25-19-14-17(24)10-11-20(19)28-12-6-3-7-13-28/h4-5,8-11,14,16,25H,3,6-7,12-13,15H2,1-2H3/t16-/m0/s1. The molecule has 30 heavy (non-hydrogen) atoms. The third-order valence-corrected chi connectivity index (χ3v) is 7.17. The van der Waals surface area contributed by atoms with Crippen LogP contribution in [-0.2, 0) is 4.79 Å². The van der Waals surface area contributed by atoms with E-state index in [1.54, 1.807) is 16.2 Å². The highest BCUT2D eigenvalue weighted by molar-refractivity contribution is 7.18. The summed E-state index contributed by atoms with van der Waals surface area (Å²) in [6.07, 6.45) is 3.67. The zero-order chi connectivity index (χ0) is 21.1. The fraction of sp³-hybridized carbons (Fsp3) is 0.391. The molecule has 5 nitrogen and oxygen atoms in total. The Hall–Kier alpha value is -2.31. The van der Waals surface area contributed by atoms with Gasteiger partial charge in [0.15, 0.2) is 0 Å². The molecule has 0 spiro atoms. The molecule has 2 heterocycles. The molecular formula is C23H27ClN4OS. The van der Waals surface area contributed by atoms with Crippen LogP contribution in [0.4, 0.5) is 11.4 Å². The van der Waals surface area contributed by atoms with Gasteiger partial charge < -0.3 is 15.1 Å². The lowest BCUT2D eigenvalue weighted by molar-refractivity contribution is -0.129. The minimum atomic E-state index is -0.0855. The Morgan fingerprint density at radius 1 is 1.23 bits per heavy atom. The monoisotopic (exact) mass is 442 g/mol. The summed E-state index contributed by atoms with van der Waals surface area (Å²) in [6.45, 7) is 4.32. The summed E-state index contributed by atoms with van der Waals surface area (Å²) in [4.78, 5) is 21.7. The number of thiazole rings is 1. The Kier molecular flexibility index (Phi) is 6.44. The zero-order valence-corrected chi connectivity index (χ0v) is 19.0. The fourth-order valence-corrected chi connectivity index (χ4v) is 5.04. The molecule has 0 bridgehead atoms. The van der Waals surface area contributed by atoms with Crippen molar-refractivity contribution in [2.75, 3.05) is 36.9 Å². The van der Waals surface area contributed by atoms with Crippen molar-refractivity contribution in [3.05, 3.63) is 52.5 Å². The molecule has 1 saturated heterocycles. The number of amides is 1. The fourth-order valence-electron chi connectivity index (χ4n) is 3.81. The molecular weight excluding hydrogens is 416 g/mol. The summed E-state index contributed by atoms with van der Waals surface area (Å²) in [5.74, 6) is 0.0197. The Morgan fingerprint density at radius 3 is 2.77 bits per heavy atom. The van der Waals surface area contributed by atoms with Crippen molar-refractivity contribution in [1.29, 1.82) is 0 Å². The number of piperidine rings is 1. The second kappa shape index (κ2) is 9.23. The number of aromatic nitrogens is 1. The van der Waals surface area contributed by atoms with Crippen LogP contribution in [0.25, 0.3) is 10.2 Å². The summed E-state index contributed by atoms with van der Waals surface area (Å²) < 4.78 is 1.14. The minimum Gasteiger partial charge on any atom is -0.374 e. The molecule has 2 aromatic carbocycles. The SMILES string of the molecule is C[C@@H](c1nc2ccccc2s1)N(C)C(=O)CNc1cc(Cl)ccc1N1CCCCC1. The first kappa shape index (κ1) is 20.9. The molecule has 3 aromatic rings. The van der Waals surface area contributed by atoms with E-state index in [0.717, 1.165) is 39.7 Å². The number of carbonyl (C=O) groups is 1. The maximum absolute atomic E-state index is 12.9. The van der Waals surface area contributed by atoms with Gasteiger partial charge in [-0.05, 0) is 56.5 Å². The largest absolute Gasteiger partial charge is 0.374 e. The average molecular weight is 443 g/mol. The predicted molar refractivity (Wildman–Crippen MR) is 127 cm³/mol. The number of likely N-dealkylation sites (N-methyl/N-ethyl adjacent to an activating group) is 1. The number of hydrogen-bond donors (Lipinski definition) is 1. The van der Waals surface area contributed by atoms with Crippen molar-refractivity contribution in [1.82, 2.24) is 9.88 Å². The van der Waals surface area contributed by atoms with E-state index in [2.05, 4.69) is 16.3 Å². The van der Waals surface area contributed by atoms with Crippen molar-refractivity contribution in [3.63, 3.8) is 0 Å². The smallest absolute Gasteiger partial charge is 0.242 e. The zero-order valence-electron chi connectivity index (χ0n) is 17.4. The number of rotatable bonds is 6. The van der Waals surface area contributed by atoms with Gasteiger partial charge in [0.05, 0.1) is 34.2 Å². The van der Waals surface area contributed by atoms with Crippen LogP contribution in [0.5, 0.6) is 0 Å². The first-order valence-corrected chi connectivity index (χ1v) is 11.6. The van der Waals surface area contributed by atoms with E-state index in [1.165, 1.54) is 19.3 Å². The van der Waals surface area contributed by atoms with Crippen LogP contribution >= 0.6 is 22.9 Å². The average Bonchev–Trinajstić information content (AvgIpc) is 3.21. The van der Waals surface area contributed by atoms with Gasteiger partial charge in [-0.1, -0.05) is 23.7 Å². The maximum Gasteiger partial charge on any atom is 0.242 e. The van der Waals surface area contributed by atoms with Crippen molar-refractivity contribution < 1.29 is 4.79 Å². The van der Waals surface area contributed by atoms with Crippen LogP contribution in [0.2, 0.25) is 5.02 Å². The molecule has 158 valence electrons. The molecule has 1 aromatic heterocycles. The van der Waals surface area contributed by atoms with Crippen LogP contribution < -0.4 is 10.2 Å². The molecule has 1 atom stereocenters. The number of para-hydroxylation sites is 1. The summed E-state index contributed by atoms with van der Waals surface area (Å²) in [5, 5.41) is 4.95. The molecule has 0 aliphatic carbocycles. The minimum absolute atomic E-state index is 0.0197. The first-order chi connectivity index (χ1) is 14.5. The number of nitrogens with one attached hydrogen (secondary N) is 1. The van der Waals surface area contributed by atoms with Gasteiger partial charge in [0.2, 0.25) is 5.91 Å². The van der Waals surface area contributed by atoms with Crippen LogP contribution in [0.3, 0.4) is 0 Å². The molecule has 1 aliphatic rings. The summed E-state index contributed by atoms with van der Waals surface area (Å²) in [7, 11) is 1.84. The highest BCUT2D eigenvalue weighted by atomic mass is 35.5. The normalized spacial score (nSPS) is 15.2. The number of carbonyl (C=O) groups excluding carboxylic acids is 1. The van der Waals surface area contributed by atoms with E-state index in [9.17, 15) is 4.79 Å². The quantitative estimate of drug-likeness (QED) is 0.542. The number of hydrogen-bond acceptors (Lipinski definition) is 5. The van der Waals surface area contributed by atoms with E-state index in [4.69, 9.17) is 16.6 Å². The topological polar surface area (TPSA) is 48.5 Å². The Balaban J connectivity index is 1.44. The summed E-state index contributed by atoms with van der Waals surface area (Å²) in [5.41, 5.74) is 3.01. The highest BCUT2D eigenvalue weighted by Gasteiger charge is 2.21. The van der Waals surface area contributed by atoms with Gasteiger partial charge in [0.25, 0.3) is 0 Å². The maximum atomic E-state index is 12.9. The third-order valence-electron chi connectivity index (χ3n) is 5.73. The molecule has 1 fully saturated rings. The van der Waals surface area contributed by atoms with E-state index < -0.39 is 0 Å². The molecule has 7 heteroatoms. The Bertz CT molecular complexity index is 998. The lowest BCUT2D eigenvalue weighted by Crippen LogP contribution is -2.35. The van der Waals surface area contributed by atoms with Gasteiger partial charge in [0, 0.05) is 25.2 Å². The third kappa shape index (κ3) is 4.55. The highest BCUT2D eigenvalue weighted by Crippen LogP contribution is 2.32. The van der Waals surface area contributed by atoms with Crippen molar-refractivity contribution in [3.8, 4) is 0 Å². The van der Waals surface area contributed by atoms with Gasteiger partial charge in [-0.3, -0.25) is 4.79 Å². The van der Waals surface area contributed by atoms with Crippen molar-refractivity contribution in [2.24, 2.45) is 0 Å². The number of benzene rings is 2. The summed E-state index contributed by atoms with van der Waals surface area (Å²) >= 11 is 7.88. The van der Waals surface area contributed by atoms with E-state index >= 15 is 0 Å². The van der Waals surface area contributed by atoms with Crippen LogP contribution in [0, 0.1) is 0 Å². The van der Waals surface area contributed by atoms with Crippen LogP contribution in [0.15, 0.2) is 42.5 Å². The van der Waals surface area contributed by atoms with Crippen molar-refractivity contribution in [2.45, 2.75) is 32.2 Å². The Labute approximate surface area is 186 Å². The molecule has 0 radical (unpaired) electrons. The van der Waals surface area contributed by atoms with Gasteiger partial charge >= 0.3 is 0 Å². The van der Waals surface area contributed by atoms with Crippen LogP contribution in [-0.4, -0.2) is 42.5 Å². The first-order valence-electron chi connectivity index (χ1n) is 10.4. The van der Waals surface area contributed by atoms with Gasteiger partial charge in [-0.2, -0.15) is 0 Å². The lowest BCUT2D eigenvalue weighted by atomic mass is 10.1. The second-order valence-electron chi connectivity index (χ2n) is 7.76. The molecule has 1 aliphatic heterocycles. The van der Waals surface area contributed by atoms with Gasteiger partial charge in [0.1, 0.15) is 5.01 Å². The molecule has 0 unspecified atom stereocenters. The Morgan fingerprint density at radius 2 is 2.00 bits per heavy atom. The van der Waals surface area contributed by atoms with Gasteiger partial charge in [-0.15, -0.1) is 11.3 Å². The molecule has 1 N–H and O–H groups in total. The summed E-state index contributed by atoms with van der Waals surface area (Å²) in [6, 6.07) is 13.9. The van der Waals surface area contributed by atoms with Gasteiger partial charge in [-0.25, -0.2) is 4.98 Å². The number of fused-ring (bicyclic) bond motifs is 1. The van der Waals surface area contributed by atoms with Crippen LogP contribution in [0.1, 0.15) is 37.2 Å².